The van der Waals surface area contributed by atoms with Crippen molar-refractivity contribution in [2.24, 2.45) is 0 Å². The Morgan fingerprint density at radius 1 is 1.35 bits per heavy atom. The molecule has 2 heterocycles. The highest BCUT2D eigenvalue weighted by molar-refractivity contribution is 8.00. The van der Waals surface area contributed by atoms with Crippen molar-refractivity contribution in [2.75, 3.05) is 31.5 Å². The molecule has 6 nitrogen and oxygen atoms in total. The number of fused-ring (bicyclic) bond motifs is 1. The van der Waals surface area contributed by atoms with Crippen molar-refractivity contribution in [3.8, 4) is 11.5 Å². The van der Waals surface area contributed by atoms with Gasteiger partial charge in [0.1, 0.15) is 6.54 Å². The zero-order chi connectivity index (χ0) is 16.4. The molecule has 7 heteroatoms. The number of hydrogen-bond donors (Lipinski definition) is 1. The average molecular weight is 336 g/mol. The number of benzene rings is 1. The number of carbonyl (C=O) groups excluding carboxylic acids is 2. The molecular weight excluding hydrogens is 316 g/mol. The van der Waals surface area contributed by atoms with Gasteiger partial charge in [0, 0.05) is 12.0 Å². The third-order valence-electron chi connectivity index (χ3n) is 4.04. The zero-order valence-electron chi connectivity index (χ0n) is 13.3. The zero-order valence-corrected chi connectivity index (χ0v) is 14.1. The molecule has 3 rings (SSSR count). The van der Waals surface area contributed by atoms with Crippen molar-refractivity contribution in [1.82, 2.24) is 10.2 Å². The van der Waals surface area contributed by atoms with Crippen LogP contribution < -0.4 is 14.8 Å². The van der Waals surface area contributed by atoms with Crippen LogP contribution in [0, 0.1) is 0 Å². The highest BCUT2D eigenvalue weighted by Gasteiger charge is 2.26. The Bertz CT molecular complexity index is 633. The number of thioether (sulfide) groups is 1. The fraction of sp³-hybridized carbons (Fsp3) is 0.500. The molecule has 2 amide bonds. The summed E-state index contributed by atoms with van der Waals surface area (Å²) in [7, 11) is 0. The monoisotopic (exact) mass is 336 g/mol. The van der Waals surface area contributed by atoms with Crippen LogP contribution in [-0.4, -0.2) is 48.2 Å². The molecular formula is C16H20N2O4S. The van der Waals surface area contributed by atoms with Gasteiger partial charge in [0.25, 0.3) is 0 Å². The van der Waals surface area contributed by atoms with Gasteiger partial charge in [0.05, 0.1) is 11.6 Å². The third kappa shape index (κ3) is 3.55. The van der Waals surface area contributed by atoms with Crippen LogP contribution in [0.4, 0.5) is 0 Å². The summed E-state index contributed by atoms with van der Waals surface area (Å²) in [5, 5.41) is 2.92. The van der Waals surface area contributed by atoms with Crippen LogP contribution in [0.15, 0.2) is 18.2 Å². The first-order valence-corrected chi connectivity index (χ1v) is 8.63. The molecule has 1 saturated heterocycles. The van der Waals surface area contributed by atoms with Crippen LogP contribution in [0.1, 0.15) is 19.4 Å². The number of ether oxygens (including phenoxy) is 2. The molecule has 2 aliphatic rings. The van der Waals surface area contributed by atoms with E-state index in [-0.39, 0.29) is 30.6 Å². The molecule has 0 saturated carbocycles. The summed E-state index contributed by atoms with van der Waals surface area (Å²) in [5.41, 5.74) is 0.815. The number of hydrogen-bond acceptors (Lipinski definition) is 5. The van der Waals surface area contributed by atoms with E-state index in [0.717, 1.165) is 17.1 Å². The lowest BCUT2D eigenvalue weighted by atomic mass is 9.84. The normalized spacial score (nSPS) is 16.8. The summed E-state index contributed by atoms with van der Waals surface area (Å²) in [4.78, 5) is 25.2. The molecule has 0 bridgehead atoms. The maximum atomic E-state index is 12.1. The molecule has 2 aliphatic heterocycles. The van der Waals surface area contributed by atoms with Crippen LogP contribution >= 0.6 is 11.8 Å². The SMILES string of the molecule is CC(C)(CNC(=O)CN1CSCC1=O)c1ccc2c(c1)OCO2. The number of carbonyl (C=O) groups is 2. The Balaban J connectivity index is 1.57. The van der Waals surface area contributed by atoms with E-state index in [1.807, 2.05) is 18.2 Å². The molecule has 1 fully saturated rings. The molecule has 0 spiro atoms. The second-order valence-corrected chi connectivity index (χ2v) is 7.25. The van der Waals surface area contributed by atoms with Gasteiger partial charge in [-0.25, -0.2) is 0 Å². The minimum absolute atomic E-state index is 0.0279. The number of rotatable bonds is 5. The quantitative estimate of drug-likeness (QED) is 0.879. The Labute approximate surface area is 139 Å². The van der Waals surface area contributed by atoms with E-state index in [0.29, 0.717) is 18.2 Å². The van der Waals surface area contributed by atoms with Gasteiger partial charge in [-0.1, -0.05) is 19.9 Å². The average Bonchev–Trinajstić information content (AvgIpc) is 3.14. The van der Waals surface area contributed by atoms with Gasteiger partial charge >= 0.3 is 0 Å². The molecule has 1 aromatic carbocycles. The molecule has 1 N–H and O–H groups in total. The second kappa shape index (κ2) is 6.31. The van der Waals surface area contributed by atoms with Crippen molar-refractivity contribution < 1.29 is 19.1 Å². The molecule has 0 radical (unpaired) electrons. The van der Waals surface area contributed by atoms with Crippen LogP contribution in [0.3, 0.4) is 0 Å². The van der Waals surface area contributed by atoms with Crippen LogP contribution in [0.5, 0.6) is 11.5 Å². The third-order valence-corrected chi connectivity index (χ3v) is 4.99. The fourth-order valence-corrected chi connectivity index (χ4v) is 3.41. The molecule has 1 aromatic rings. The van der Waals surface area contributed by atoms with Crippen LogP contribution in [0.2, 0.25) is 0 Å². The van der Waals surface area contributed by atoms with E-state index in [4.69, 9.17) is 9.47 Å². The molecule has 23 heavy (non-hydrogen) atoms. The summed E-state index contributed by atoms with van der Waals surface area (Å²) in [5.74, 6) is 2.45. The summed E-state index contributed by atoms with van der Waals surface area (Å²) >= 11 is 1.53. The van der Waals surface area contributed by atoms with E-state index >= 15 is 0 Å². The van der Waals surface area contributed by atoms with Crippen molar-refractivity contribution in [3.63, 3.8) is 0 Å². The minimum Gasteiger partial charge on any atom is -0.454 e. The lowest BCUT2D eigenvalue weighted by molar-refractivity contribution is -0.132. The Kier molecular flexibility index (Phi) is 4.39. The van der Waals surface area contributed by atoms with Crippen molar-refractivity contribution in [1.29, 1.82) is 0 Å². The predicted molar refractivity (Wildman–Crippen MR) is 87.6 cm³/mol. The lowest BCUT2D eigenvalue weighted by Crippen LogP contribution is -2.42. The summed E-state index contributed by atoms with van der Waals surface area (Å²) in [6, 6.07) is 5.83. The number of nitrogens with zero attached hydrogens (tertiary/aromatic N) is 1. The van der Waals surface area contributed by atoms with E-state index in [9.17, 15) is 9.59 Å². The van der Waals surface area contributed by atoms with Gasteiger partial charge < -0.3 is 19.7 Å². The first-order chi connectivity index (χ1) is 11.0. The van der Waals surface area contributed by atoms with Crippen molar-refractivity contribution >= 4 is 23.6 Å². The second-order valence-electron chi connectivity index (χ2n) is 6.30. The van der Waals surface area contributed by atoms with Crippen molar-refractivity contribution in [2.45, 2.75) is 19.3 Å². The van der Waals surface area contributed by atoms with E-state index in [1.54, 1.807) is 4.90 Å². The van der Waals surface area contributed by atoms with E-state index in [2.05, 4.69) is 19.2 Å². The highest BCUT2D eigenvalue weighted by Crippen LogP contribution is 2.36. The maximum Gasteiger partial charge on any atom is 0.239 e. The van der Waals surface area contributed by atoms with E-state index < -0.39 is 0 Å². The van der Waals surface area contributed by atoms with Gasteiger partial charge in [0.2, 0.25) is 18.6 Å². The van der Waals surface area contributed by atoms with Gasteiger partial charge in [0.15, 0.2) is 11.5 Å². The number of amides is 2. The Morgan fingerprint density at radius 3 is 2.87 bits per heavy atom. The molecule has 124 valence electrons. The van der Waals surface area contributed by atoms with Crippen LogP contribution in [0.25, 0.3) is 0 Å². The van der Waals surface area contributed by atoms with Gasteiger partial charge in [-0.2, -0.15) is 0 Å². The lowest BCUT2D eigenvalue weighted by Gasteiger charge is -2.26. The van der Waals surface area contributed by atoms with E-state index in [1.165, 1.54) is 11.8 Å². The minimum atomic E-state index is -0.250. The van der Waals surface area contributed by atoms with Crippen LogP contribution in [-0.2, 0) is 15.0 Å². The highest BCUT2D eigenvalue weighted by atomic mass is 32.2. The standard InChI is InChI=1S/C16H20N2O4S/c1-16(2,11-3-4-12-13(5-11)22-10-21-12)8-17-14(19)6-18-9-23-7-15(18)20/h3-5H,6-10H2,1-2H3,(H,17,19). The topological polar surface area (TPSA) is 67.9 Å². The summed E-state index contributed by atoms with van der Waals surface area (Å²) in [6.07, 6.45) is 0. The molecule has 0 aromatic heterocycles. The van der Waals surface area contributed by atoms with Gasteiger partial charge in [-0.05, 0) is 17.7 Å². The largest absolute Gasteiger partial charge is 0.454 e. The summed E-state index contributed by atoms with van der Waals surface area (Å²) in [6.45, 7) is 4.98. The first kappa shape index (κ1) is 16.0. The van der Waals surface area contributed by atoms with Crippen molar-refractivity contribution in [3.05, 3.63) is 23.8 Å². The predicted octanol–water partition coefficient (Wildman–Crippen LogP) is 1.34. The maximum absolute atomic E-state index is 12.1. The van der Waals surface area contributed by atoms with Gasteiger partial charge in [-0.15, -0.1) is 11.8 Å². The molecule has 0 aliphatic carbocycles. The Hall–Kier alpha value is -1.89. The molecule has 0 unspecified atom stereocenters. The smallest absolute Gasteiger partial charge is 0.239 e. The van der Waals surface area contributed by atoms with Gasteiger partial charge in [-0.3, -0.25) is 9.59 Å². The fourth-order valence-electron chi connectivity index (χ4n) is 2.51. The summed E-state index contributed by atoms with van der Waals surface area (Å²) < 4.78 is 10.7. The first-order valence-electron chi connectivity index (χ1n) is 7.48. The Morgan fingerprint density at radius 2 is 2.13 bits per heavy atom. The molecule has 0 atom stereocenters. The number of nitrogens with one attached hydrogen (secondary N) is 1.